The maximum atomic E-state index is 12.6. The lowest BCUT2D eigenvalue weighted by Gasteiger charge is -2.61. The van der Waals surface area contributed by atoms with Crippen molar-refractivity contribution >= 4 is 17.9 Å². The molecule has 2 N–H and O–H groups in total. The molecule has 36 heavy (non-hydrogen) atoms. The summed E-state index contributed by atoms with van der Waals surface area (Å²) in [6.07, 6.45) is 11.4. The first-order chi connectivity index (χ1) is 16.9. The number of carbonyl (C=O) groups is 3. The van der Waals surface area contributed by atoms with E-state index in [-0.39, 0.29) is 18.5 Å². The number of ether oxygens (including phenoxy) is 1. The summed E-state index contributed by atoms with van der Waals surface area (Å²) >= 11 is 0. The number of fused-ring (bicyclic) bond motifs is 5. The van der Waals surface area contributed by atoms with Gasteiger partial charge in [0, 0.05) is 6.42 Å². The summed E-state index contributed by atoms with van der Waals surface area (Å²) in [5.74, 6) is 0.545. The van der Waals surface area contributed by atoms with Crippen LogP contribution in [0, 0.1) is 58.2 Å². The minimum absolute atomic E-state index is 0.0876. The van der Waals surface area contributed by atoms with Gasteiger partial charge in [0.15, 0.2) is 0 Å². The molecule has 6 nitrogen and oxygen atoms in total. The monoisotopic (exact) mass is 504 g/mol. The number of rotatable bonds is 8. The smallest absolute Gasteiger partial charge is 0.309 e. The fraction of sp³-hybridized carbons (Fsp3) is 0.900. The first-order valence-electron chi connectivity index (χ1n) is 14.5. The minimum Gasteiger partial charge on any atom is -0.481 e. The molecular formula is C30H48O6. The van der Waals surface area contributed by atoms with Crippen LogP contribution < -0.4 is 0 Å². The van der Waals surface area contributed by atoms with Gasteiger partial charge in [0.1, 0.15) is 6.10 Å². The van der Waals surface area contributed by atoms with E-state index in [1.165, 1.54) is 38.5 Å². The second-order valence-electron chi connectivity index (χ2n) is 13.5. The Morgan fingerprint density at radius 1 is 0.861 bits per heavy atom. The van der Waals surface area contributed by atoms with Crippen LogP contribution in [-0.2, 0) is 19.1 Å². The fourth-order valence-corrected chi connectivity index (χ4v) is 9.54. The van der Waals surface area contributed by atoms with E-state index < -0.39 is 23.8 Å². The van der Waals surface area contributed by atoms with Gasteiger partial charge in [0.2, 0.25) is 0 Å². The highest BCUT2D eigenvalue weighted by atomic mass is 16.5. The van der Waals surface area contributed by atoms with Crippen molar-refractivity contribution in [2.75, 3.05) is 0 Å². The molecule has 0 spiro atoms. The van der Waals surface area contributed by atoms with Crippen molar-refractivity contribution < 1.29 is 29.3 Å². The van der Waals surface area contributed by atoms with Crippen molar-refractivity contribution in [3.05, 3.63) is 0 Å². The Bertz CT molecular complexity index is 854. The van der Waals surface area contributed by atoms with Gasteiger partial charge < -0.3 is 14.9 Å². The van der Waals surface area contributed by atoms with E-state index in [9.17, 15) is 24.6 Å². The molecule has 4 fully saturated rings. The van der Waals surface area contributed by atoms with Gasteiger partial charge in [0.05, 0.1) is 11.8 Å². The maximum absolute atomic E-state index is 12.6. The van der Waals surface area contributed by atoms with Gasteiger partial charge in [-0.15, -0.1) is 0 Å². The molecule has 0 aromatic carbocycles. The molecule has 4 aliphatic carbocycles. The van der Waals surface area contributed by atoms with E-state index >= 15 is 0 Å². The summed E-state index contributed by atoms with van der Waals surface area (Å²) in [7, 11) is 0. The molecule has 0 bridgehead atoms. The first-order valence-corrected chi connectivity index (χ1v) is 14.5. The van der Waals surface area contributed by atoms with Gasteiger partial charge in [-0.25, -0.2) is 0 Å². The molecule has 11 atom stereocenters. The lowest BCUT2D eigenvalue weighted by molar-refractivity contribution is -0.170. The lowest BCUT2D eigenvalue weighted by Crippen LogP contribution is -2.54. The Balaban J connectivity index is 1.40. The number of esters is 1. The Morgan fingerprint density at radius 3 is 2.19 bits per heavy atom. The van der Waals surface area contributed by atoms with Crippen molar-refractivity contribution in [1.82, 2.24) is 0 Å². The van der Waals surface area contributed by atoms with E-state index in [1.54, 1.807) is 13.8 Å². The second kappa shape index (κ2) is 10.3. The van der Waals surface area contributed by atoms with Gasteiger partial charge in [-0.1, -0.05) is 34.6 Å². The summed E-state index contributed by atoms with van der Waals surface area (Å²) in [5.41, 5.74) is 0.631. The number of hydrogen-bond donors (Lipinski definition) is 2. The van der Waals surface area contributed by atoms with Gasteiger partial charge >= 0.3 is 17.9 Å². The van der Waals surface area contributed by atoms with Crippen LogP contribution in [-0.4, -0.2) is 34.2 Å². The Labute approximate surface area is 216 Å². The number of hydrogen-bond acceptors (Lipinski definition) is 4. The third-order valence-electron chi connectivity index (χ3n) is 12.0. The van der Waals surface area contributed by atoms with Gasteiger partial charge in [-0.2, -0.15) is 0 Å². The highest BCUT2D eigenvalue weighted by Gasteiger charge is 2.60. The molecule has 0 saturated heterocycles. The van der Waals surface area contributed by atoms with Crippen LogP contribution in [0.4, 0.5) is 0 Å². The highest BCUT2D eigenvalue weighted by Crippen LogP contribution is 2.68. The molecule has 0 heterocycles. The zero-order valence-corrected chi connectivity index (χ0v) is 23.0. The van der Waals surface area contributed by atoms with Gasteiger partial charge in [-0.3, -0.25) is 14.4 Å². The van der Waals surface area contributed by atoms with Crippen LogP contribution in [0.3, 0.4) is 0 Å². The summed E-state index contributed by atoms with van der Waals surface area (Å²) < 4.78 is 5.88. The van der Waals surface area contributed by atoms with Crippen LogP contribution >= 0.6 is 0 Å². The largest absolute Gasteiger partial charge is 0.481 e. The molecule has 2 unspecified atom stereocenters. The topological polar surface area (TPSA) is 101 Å². The molecule has 0 aromatic heterocycles. The predicted octanol–water partition coefficient (Wildman–Crippen LogP) is 6.41. The van der Waals surface area contributed by atoms with Crippen LogP contribution in [0.2, 0.25) is 0 Å². The number of aliphatic carboxylic acids is 2. The standard InChI is InChI=1S/C30H48O6/c1-17(6-11-26(31)32)23-9-10-24-22-8-7-20-16-21(36-28(35)19(3)18(2)27(33)34)12-14-29(20,4)25(22)13-15-30(23,24)5/h17-25H,6-16H2,1-5H3,(H,31,32)(H,33,34)/t17-,18?,19?,20-,21-,22+,23-,24+,25+,29+,30-/m1/s1. The summed E-state index contributed by atoms with van der Waals surface area (Å²) in [6.45, 7) is 10.5. The molecular weight excluding hydrogens is 456 g/mol. The van der Waals surface area contributed by atoms with Crippen molar-refractivity contribution in [3.8, 4) is 0 Å². The van der Waals surface area contributed by atoms with Crippen molar-refractivity contribution in [1.29, 1.82) is 0 Å². The molecule has 4 aliphatic rings. The van der Waals surface area contributed by atoms with Gasteiger partial charge in [0.25, 0.3) is 0 Å². The molecule has 4 saturated carbocycles. The van der Waals surface area contributed by atoms with Crippen LogP contribution in [0.25, 0.3) is 0 Å². The number of carboxylic acids is 2. The number of carboxylic acid groups (broad SMARTS) is 2. The average molecular weight is 505 g/mol. The zero-order chi connectivity index (χ0) is 26.4. The fourth-order valence-electron chi connectivity index (χ4n) is 9.54. The SMILES string of the molecule is CC(C(=O)O)C(C)C(=O)O[C@@H]1CC[C@@]2(C)[C@H](CC[C@@H]3[C@@H]2CC[C@]2(C)[C@@H]([C@H](C)CCC(=O)O)CC[C@@H]32)C1. The van der Waals surface area contributed by atoms with Crippen LogP contribution in [0.5, 0.6) is 0 Å². The van der Waals surface area contributed by atoms with Crippen molar-refractivity contribution in [2.24, 2.45) is 58.2 Å². The van der Waals surface area contributed by atoms with Crippen LogP contribution in [0.15, 0.2) is 0 Å². The predicted molar refractivity (Wildman–Crippen MR) is 137 cm³/mol. The molecule has 4 rings (SSSR count). The Morgan fingerprint density at radius 2 is 1.53 bits per heavy atom. The van der Waals surface area contributed by atoms with E-state index in [1.807, 2.05) is 0 Å². The third-order valence-corrected chi connectivity index (χ3v) is 12.0. The van der Waals surface area contributed by atoms with E-state index in [4.69, 9.17) is 4.74 Å². The van der Waals surface area contributed by atoms with E-state index in [0.29, 0.717) is 28.6 Å². The summed E-state index contributed by atoms with van der Waals surface area (Å²) in [5, 5.41) is 18.4. The van der Waals surface area contributed by atoms with Crippen molar-refractivity contribution in [3.63, 3.8) is 0 Å². The number of carbonyl (C=O) groups excluding carboxylic acids is 1. The van der Waals surface area contributed by atoms with E-state index in [0.717, 1.165) is 43.4 Å². The Kier molecular flexibility index (Phi) is 7.84. The van der Waals surface area contributed by atoms with Crippen molar-refractivity contribution in [2.45, 2.75) is 111 Å². The lowest BCUT2D eigenvalue weighted by atomic mass is 9.44. The second-order valence-corrected chi connectivity index (χ2v) is 13.5. The molecule has 0 aliphatic heterocycles. The average Bonchev–Trinajstić information content (AvgIpc) is 3.18. The quantitative estimate of drug-likeness (QED) is 0.370. The summed E-state index contributed by atoms with van der Waals surface area (Å²) in [4.78, 5) is 35.1. The maximum Gasteiger partial charge on any atom is 0.309 e. The third kappa shape index (κ3) is 4.82. The zero-order valence-electron chi connectivity index (χ0n) is 23.0. The van der Waals surface area contributed by atoms with Gasteiger partial charge in [-0.05, 0) is 111 Å². The summed E-state index contributed by atoms with van der Waals surface area (Å²) in [6, 6.07) is 0. The molecule has 0 aromatic rings. The van der Waals surface area contributed by atoms with Crippen LogP contribution in [0.1, 0.15) is 105 Å². The molecule has 0 radical (unpaired) electrons. The molecule has 6 heteroatoms. The van der Waals surface area contributed by atoms with E-state index in [2.05, 4.69) is 20.8 Å². The molecule has 204 valence electrons. The minimum atomic E-state index is -0.955. The highest BCUT2D eigenvalue weighted by molar-refractivity contribution is 5.80. The first kappa shape index (κ1) is 27.4. The molecule has 0 amide bonds. The normalized spacial score (nSPS) is 42.2. The Hall–Kier alpha value is -1.59.